The van der Waals surface area contributed by atoms with E-state index in [-0.39, 0.29) is 38.6 Å². The van der Waals surface area contributed by atoms with Gasteiger partial charge in [0, 0.05) is 5.56 Å². The van der Waals surface area contributed by atoms with Gasteiger partial charge in [-0.25, -0.2) is 0 Å². The van der Waals surface area contributed by atoms with Gasteiger partial charge in [-0.1, -0.05) is 62.3 Å². The molecule has 0 saturated heterocycles. The molecule has 0 saturated carbocycles. The van der Waals surface area contributed by atoms with Crippen LogP contribution in [0.15, 0.2) is 4.90 Å². The van der Waals surface area contributed by atoms with Crippen LogP contribution in [0.3, 0.4) is 0 Å². The van der Waals surface area contributed by atoms with Crippen LogP contribution >= 0.6 is 0 Å². The van der Waals surface area contributed by atoms with Gasteiger partial charge in [-0.2, -0.15) is 8.42 Å². The summed E-state index contributed by atoms with van der Waals surface area (Å²) in [5.41, 5.74) is 0.592. The molecule has 0 fully saturated rings. The van der Waals surface area contributed by atoms with Crippen LogP contribution < -0.4 is 4.74 Å². The van der Waals surface area contributed by atoms with Crippen LogP contribution in [0.1, 0.15) is 97.8 Å². The van der Waals surface area contributed by atoms with Gasteiger partial charge in [0.2, 0.25) is 0 Å². The van der Waals surface area contributed by atoms with E-state index in [9.17, 15) is 18.1 Å². The Hall–Kier alpha value is -1.27. The molecule has 5 nitrogen and oxygen atoms in total. The molecule has 0 aromatic heterocycles. The zero-order valence-electron chi connectivity index (χ0n) is 21.6. The summed E-state index contributed by atoms with van der Waals surface area (Å²) in [5, 5.41) is 10.9. The summed E-state index contributed by atoms with van der Waals surface area (Å²) >= 11 is 0. The normalized spacial score (nSPS) is 14.8. The largest absolute Gasteiger partial charge is 0.507 e. The number of rotatable bonds is 8. The minimum Gasteiger partial charge on any atom is -0.507 e. The van der Waals surface area contributed by atoms with E-state index in [2.05, 4.69) is 62.3 Å². The Bertz CT molecular complexity index is 903. The molecular formula is C25H44O5S. The number of methoxy groups -OCH3 is 1. The molecule has 0 radical (unpaired) electrons. The maximum atomic E-state index is 12.7. The Labute approximate surface area is 190 Å². The van der Waals surface area contributed by atoms with Crippen molar-refractivity contribution in [3.8, 4) is 11.5 Å². The van der Waals surface area contributed by atoms with E-state index in [4.69, 9.17) is 4.74 Å². The van der Waals surface area contributed by atoms with Gasteiger partial charge in [0.1, 0.15) is 16.4 Å². The summed E-state index contributed by atoms with van der Waals surface area (Å²) in [6.07, 6.45) is 1.68. The second-order valence-corrected chi connectivity index (χ2v) is 13.5. The Kier molecular flexibility index (Phi) is 8.00. The van der Waals surface area contributed by atoms with Crippen LogP contribution in [0.5, 0.6) is 11.5 Å². The third kappa shape index (κ3) is 6.16. The molecule has 1 rings (SSSR count). The molecule has 180 valence electrons. The van der Waals surface area contributed by atoms with Gasteiger partial charge in [0.05, 0.1) is 7.11 Å². The molecule has 0 heterocycles. The quantitative estimate of drug-likeness (QED) is 0.416. The zero-order chi connectivity index (χ0) is 24.7. The molecule has 0 spiro atoms. The molecule has 0 aliphatic carbocycles. The summed E-state index contributed by atoms with van der Waals surface area (Å²) < 4.78 is 41.2. The van der Waals surface area contributed by atoms with E-state index in [1.54, 1.807) is 13.8 Å². The lowest BCUT2D eigenvalue weighted by atomic mass is 9.56. The van der Waals surface area contributed by atoms with E-state index in [1.807, 2.05) is 0 Å². The van der Waals surface area contributed by atoms with Crippen LogP contribution in [-0.4, -0.2) is 25.2 Å². The Morgan fingerprint density at radius 2 is 1.42 bits per heavy atom. The van der Waals surface area contributed by atoms with Crippen LogP contribution in [0.2, 0.25) is 0 Å². The first-order chi connectivity index (χ1) is 13.7. The first-order valence-electron chi connectivity index (χ1n) is 11.0. The number of phenols is 1. The van der Waals surface area contributed by atoms with Crippen molar-refractivity contribution in [1.82, 2.24) is 0 Å². The van der Waals surface area contributed by atoms with Crippen molar-refractivity contribution in [1.29, 1.82) is 0 Å². The average Bonchev–Trinajstić information content (AvgIpc) is 2.49. The van der Waals surface area contributed by atoms with Gasteiger partial charge in [-0.15, -0.1) is 0 Å². The molecular weight excluding hydrogens is 412 g/mol. The standard InChI is InChI=1S/C25H44O5S/c1-15(2)13-24(8,9)22(25(10,11)14-23(5,6)7)18-16(3)19(26)17(4)20(30-12)21(18)31(27,28)29/h15,22,26H,13-14H2,1-12H3,(H,27,28,29). The maximum Gasteiger partial charge on any atom is 0.298 e. The highest BCUT2D eigenvalue weighted by Crippen LogP contribution is 2.58. The van der Waals surface area contributed by atoms with E-state index in [1.165, 1.54) is 7.11 Å². The summed E-state index contributed by atoms with van der Waals surface area (Å²) in [6, 6.07) is 0. The average molecular weight is 457 g/mol. The maximum absolute atomic E-state index is 12.7. The van der Waals surface area contributed by atoms with Crippen LogP contribution in [0.25, 0.3) is 0 Å². The van der Waals surface area contributed by atoms with Crippen molar-refractivity contribution >= 4 is 10.1 Å². The summed E-state index contributed by atoms with van der Waals surface area (Å²) in [7, 11) is -3.25. The fraction of sp³-hybridized carbons (Fsp3) is 0.760. The van der Waals surface area contributed by atoms with Gasteiger partial charge < -0.3 is 9.84 Å². The highest BCUT2D eigenvalue weighted by molar-refractivity contribution is 7.86. The third-order valence-corrected chi connectivity index (χ3v) is 7.06. The van der Waals surface area contributed by atoms with E-state index in [0.29, 0.717) is 22.6 Å². The molecule has 1 aromatic rings. The van der Waals surface area contributed by atoms with E-state index in [0.717, 1.165) is 12.8 Å². The Morgan fingerprint density at radius 1 is 0.935 bits per heavy atom. The number of hydrogen-bond donors (Lipinski definition) is 2. The second kappa shape index (κ2) is 8.93. The first kappa shape index (κ1) is 27.8. The highest BCUT2D eigenvalue weighted by Gasteiger charge is 2.47. The topological polar surface area (TPSA) is 83.8 Å². The van der Waals surface area contributed by atoms with Gasteiger partial charge in [-0.05, 0) is 65.9 Å². The molecule has 31 heavy (non-hydrogen) atoms. The second-order valence-electron chi connectivity index (χ2n) is 12.1. The number of aromatic hydroxyl groups is 1. The summed E-state index contributed by atoms with van der Waals surface area (Å²) in [6.45, 7) is 22.8. The minimum atomic E-state index is -4.61. The van der Waals surface area contributed by atoms with Gasteiger partial charge >= 0.3 is 0 Å². The van der Waals surface area contributed by atoms with Crippen molar-refractivity contribution in [2.75, 3.05) is 7.11 Å². The third-order valence-electron chi connectivity index (χ3n) is 6.14. The van der Waals surface area contributed by atoms with Crippen LogP contribution in [0, 0.1) is 36.0 Å². The van der Waals surface area contributed by atoms with Gasteiger partial charge in [0.25, 0.3) is 10.1 Å². The van der Waals surface area contributed by atoms with E-state index < -0.39 is 10.1 Å². The SMILES string of the molecule is COc1c(C)c(O)c(C)c(C(C(C)(C)CC(C)C)C(C)(C)CC(C)(C)C)c1S(=O)(=O)O. The number of benzene rings is 1. The van der Waals surface area contributed by atoms with Crippen LogP contribution in [0.4, 0.5) is 0 Å². The lowest BCUT2D eigenvalue weighted by Crippen LogP contribution is -2.39. The summed E-state index contributed by atoms with van der Waals surface area (Å²) in [5.74, 6) is 0.144. The van der Waals surface area contributed by atoms with Gasteiger partial charge in [-0.3, -0.25) is 4.55 Å². The molecule has 1 atom stereocenters. The smallest absolute Gasteiger partial charge is 0.298 e. The Morgan fingerprint density at radius 3 is 1.77 bits per heavy atom. The van der Waals surface area contributed by atoms with Crippen LogP contribution in [-0.2, 0) is 10.1 Å². The number of hydrogen-bond acceptors (Lipinski definition) is 4. The number of ether oxygens (including phenoxy) is 1. The van der Waals surface area contributed by atoms with Crippen molar-refractivity contribution in [2.24, 2.45) is 22.2 Å². The summed E-state index contributed by atoms with van der Waals surface area (Å²) in [4.78, 5) is -0.216. The highest BCUT2D eigenvalue weighted by atomic mass is 32.2. The molecule has 0 aliphatic heterocycles. The lowest BCUT2D eigenvalue weighted by molar-refractivity contribution is 0.0764. The van der Waals surface area contributed by atoms with E-state index >= 15 is 0 Å². The molecule has 6 heteroatoms. The van der Waals surface area contributed by atoms with Crippen molar-refractivity contribution < 1.29 is 22.8 Å². The molecule has 2 N–H and O–H groups in total. The molecule has 1 unspecified atom stereocenters. The lowest BCUT2D eigenvalue weighted by Gasteiger charge is -2.49. The first-order valence-corrected chi connectivity index (χ1v) is 12.5. The van der Waals surface area contributed by atoms with Crippen molar-refractivity contribution in [2.45, 2.75) is 99.8 Å². The molecule has 1 aromatic carbocycles. The Balaban J connectivity index is 4.21. The fourth-order valence-corrected chi connectivity index (χ4v) is 7.33. The predicted octanol–water partition coefficient (Wildman–Crippen LogP) is 6.88. The molecule has 0 aliphatic rings. The number of phenolic OH excluding ortho intramolecular Hbond substituents is 1. The van der Waals surface area contributed by atoms with Crippen molar-refractivity contribution in [3.63, 3.8) is 0 Å². The zero-order valence-corrected chi connectivity index (χ0v) is 22.4. The monoisotopic (exact) mass is 456 g/mol. The predicted molar refractivity (Wildman–Crippen MR) is 128 cm³/mol. The minimum absolute atomic E-state index is 0.00134. The van der Waals surface area contributed by atoms with Crippen molar-refractivity contribution in [3.05, 3.63) is 16.7 Å². The van der Waals surface area contributed by atoms with Gasteiger partial charge in [0.15, 0.2) is 0 Å². The fourth-order valence-electron chi connectivity index (χ4n) is 6.31. The molecule has 0 amide bonds. The molecule has 0 bridgehead atoms.